The maximum absolute atomic E-state index is 13.7. The average Bonchev–Trinajstić information content (AvgIpc) is 2.57. The van der Waals surface area contributed by atoms with E-state index in [-0.39, 0.29) is 5.82 Å². The molecule has 1 aromatic rings. The third-order valence-electron chi connectivity index (χ3n) is 2.60. The highest BCUT2D eigenvalue weighted by Gasteiger charge is 2.45. The quantitative estimate of drug-likeness (QED) is 0.579. The van der Waals surface area contributed by atoms with E-state index in [0.29, 0.717) is 0 Å². The van der Waals surface area contributed by atoms with E-state index in [1.54, 1.807) is 0 Å². The van der Waals surface area contributed by atoms with Gasteiger partial charge in [-0.15, -0.1) is 0 Å². The van der Waals surface area contributed by atoms with Gasteiger partial charge in [-0.3, -0.25) is 4.57 Å². The Hall–Kier alpha value is -1.51. The van der Waals surface area contributed by atoms with Gasteiger partial charge in [0.1, 0.15) is 18.0 Å². The number of hydrogen-bond donors (Lipinski definition) is 3. The lowest BCUT2D eigenvalue weighted by atomic mass is 10.1. The zero-order valence-corrected chi connectivity index (χ0v) is 8.73. The van der Waals surface area contributed by atoms with Gasteiger partial charge in [-0.2, -0.15) is 4.98 Å². The van der Waals surface area contributed by atoms with Crippen LogP contribution in [0.15, 0.2) is 17.1 Å². The number of anilines is 1. The van der Waals surface area contributed by atoms with Crippen LogP contribution in [0.1, 0.15) is 6.23 Å². The summed E-state index contributed by atoms with van der Waals surface area (Å²) >= 11 is 0. The van der Waals surface area contributed by atoms with Gasteiger partial charge in [0, 0.05) is 6.20 Å². The van der Waals surface area contributed by atoms with E-state index in [0.717, 1.165) is 4.57 Å². The number of aliphatic hydroxyl groups excluding tert-OH is 2. The van der Waals surface area contributed by atoms with Gasteiger partial charge < -0.3 is 20.7 Å². The monoisotopic (exact) mass is 245 g/mol. The van der Waals surface area contributed by atoms with Crippen molar-refractivity contribution < 1.29 is 19.3 Å². The van der Waals surface area contributed by atoms with Crippen LogP contribution in [0.5, 0.6) is 0 Å². The average molecular weight is 245 g/mol. The minimum atomic E-state index is -1.81. The zero-order valence-electron chi connectivity index (χ0n) is 8.73. The summed E-state index contributed by atoms with van der Waals surface area (Å²) in [6, 6.07) is 1.32. The van der Waals surface area contributed by atoms with Crippen LogP contribution in [-0.4, -0.2) is 44.8 Å². The summed E-state index contributed by atoms with van der Waals surface area (Å²) in [6.07, 6.45) is -4.42. The highest BCUT2D eigenvalue weighted by Crippen LogP contribution is 2.30. The van der Waals surface area contributed by atoms with Gasteiger partial charge in [-0.1, -0.05) is 0 Å². The van der Waals surface area contributed by atoms with E-state index < -0.39 is 36.9 Å². The fourth-order valence-electron chi connectivity index (χ4n) is 1.70. The van der Waals surface area contributed by atoms with Crippen LogP contribution < -0.4 is 11.4 Å². The Morgan fingerprint density at radius 1 is 1.65 bits per heavy atom. The summed E-state index contributed by atoms with van der Waals surface area (Å²) in [7, 11) is 0. The Labute approximate surface area is 95.3 Å². The molecule has 0 radical (unpaired) electrons. The second kappa shape index (κ2) is 4.40. The number of nitrogen functional groups attached to an aromatic ring is 1. The lowest BCUT2D eigenvalue weighted by Crippen LogP contribution is -2.33. The van der Waals surface area contributed by atoms with E-state index in [1.165, 1.54) is 12.3 Å². The highest BCUT2D eigenvalue weighted by molar-refractivity contribution is 5.23. The molecule has 4 atom stereocenters. The smallest absolute Gasteiger partial charge is 0.351 e. The van der Waals surface area contributed by atoms with E-state index >= 15 is 0 Å². The third-order valence-corrected chi connectivity index (χ3v) is 2.60. The number of aromatic nitrogens is 2. The van der Waals surface area contributed by atoms with Crippen LogP contribution in [0.4, 0.5) is 10.2 Å². The molecule has 17 heavy (non-hydrogen) atoms. The molecule has 4 N–H and O–H groups in total. The molecule has 0 bridgehead atoms. The van der Waals surface area contributed by atoms with Crippen molar-refractivity contribution >= 4 is 5.82 Å². The van der Waals surface area contributed by atoms with Crippen molar-refractivity contribution in [2.45, 2.75) is 24.6 Å². The van der Waals surface area contributed by atoms with Gasteiger partial charge in [-0.05, 0) is 6.07 Å². The van der Waals surface area contributed by atoms with Crippen molar-refractivity contribution in [2.24, 2.45) is 0 Å². The molecule has 0 saturated carbocycles. The van der Waals surface area contributed by atoms with Crippen molar-refractivity contribution in [3.63, 3.8) is 0 Å². The summed E-state index contributed by atoms with van der Waals surface area (Å²) in [5.74, 6) is 0.0129. The maximum Gasteiger partial charge on any atom is 0.351 e. The Morgan fingerprint density at radius 3 is 2.88 bits per heavy atom. The lowest BCUT2D eigenvalue weighted by molar-refractivity contribution is -0.0490. The largest absolute Gasteiger partial charge is 0.394 e. The van der Waals surface area contributed by atoms with Crippen molar-refractivity contribution in [1.29, 1.82) is 0 Å². The van der Waals surface area contributed by atoms with Gasteiger partial charge >= 0.3 is 5.69 Å². The van der Waals surface area contributed by atoms with Crippen LogP contribution in [0.2, 0.25) is 0 Å². The molecule has 1 aromatic heterocycles. The summed E-state index contributed by atoms with van der Waals surface area (Å²) in [4.78, 5) is 14.9. The second-order valence-electron chi connectivity index (χ2n) is 3.72. The standard InChI is InChI=1S/C9H12FN3O4/c10-6-7(15)4(3-14)17-8(6)13-2-1-5(11)12-9(13)16/h1-2,4,6-8,14-15H,3H2,(H2,11,12,16)/t4-,6-,7-,8-/m1/s1. The normalized spacial score (nSPS) is 32.9. The number of hydrogen-bond acceptors (Lipinski definition) is 6. The van der Waals surface area contributed by atoms with Gasteiger partial charge in [0.15, 0.2) is 12.4 Å². The molecule has 94 valence electrons. The molecular formula is C9H12FN3O4. The predicted octanol–water partition coefficient (Wildman–Crippen LogP) is -1.59. The molecule has 1 saturated heterocycles. The van der Waals surface area contributed by atoms with Crippen LogP contribution in [0.3, 0.4) is 0 Å². The van der Waals surface area contributed by atoms with Gasteiger partial charge in [0.2, 0.25) is 0 Å². The Balaban J connectivity index is 2.32. The number of aliphatic hydroxyl groups is 2. The first-order valence-electron chi connectivity index (χ1n) is 4.97. The number of halogens is 1. The molecule has 0 amide bonds. The lowest BCUT2D eigenvalue weighted by Gasteiger charge is -2.15. The van der Waals surface area contributed by atoms with E-state index in [2.05, 4.69) is 4.98 Å². The number of ether oxygens (including phenoxy) is 1. The Kier molecular flexibility index (Phi) is 3.09. The minimum Gasteiger partial charge on any atom is -0.394 e. The van der Waals surface area contributed by atoms with E-state index in [1.807, 2.05) is 0 Å². The second-order valence-corrected chi connectivity index (χ2v) is 3.72. The molecule has 0 spiro atoms. The number of nitrogens with zero attached hydrogens (tertiary/aromatic N) is 2. The predicted molar refractivity (Wildman–Crippen MR) is 54.8 cm³/mol. The van der Waals surface area contributed by atoms with Gasteiger partial charge in [0.05, 0.1) is 6.61 Å². The van der Waals surface area contributed by atoms with Crippen molar-refractivity contribution in [3.8, 4) is 0 Å². The zero-order chi connectivity index (χ0) is 12.6. The molecule has 2 rings (SSSR count). The number of nitrogens with two attached hydrogens (primary N) is 1. The first-order chi connectivity index (χ1) is 8.04. The van der Waals surface area contributed by atoms with Crippen LogP contribution in [0.25, 0.3) is 0 Å². The molecule has 1 aliphatic rings. The SMILES string of the molecule is Nc1ccn([C@@H]2O[C@H](CO)[C@@H](O)[C@H]2F)c(=O)n1. The molecular weight excluding hydrogens is 233 g/mol. The van der Waals surface area contributed by atoms with Crippen molar-refractivity contribution in [1.82, 2.24) is 9.55 Å². The fourth-order valence-corrected chi connectivity index (χ4v) is 1.70. The van der Waals surface area contributed by atoms with E-state index in [9.17, 15) is 14.3 Å². The Bertz CT molecular complexity index is 466. The van der Waals surface area contributed by atoms with Crippen LogP contribution in [0, 0.1) is 0 Å². The number of rotatable bonds is 2. The topological polar surface area (TPSA) is 111 Å². The Morgan fingerprint density at radius 2 is 2.35 bits per heavy atom. The van der Waals surface area contributed by atoms with Gasteiger partial charge in [-0.25, -0.2) is 9.18 Å². The summed E-state index contributed by atoms with van der Waals surface area (Å²) in [6.45, 7) is -0.533. The summed E-state index contributed by atoms with van der Waals surface area (Å²) in [5.41, 5.74) is 4.52. The first-order valence-corrected chi connectivity index (χ1v) is 4.97. The third kappa shape index (κ3) is 2.02. The van der Waals surface area contributed by atoms with E-state index in [4.69, 9.17) is 15.6 Å². The minimum absolute atomic E-state index is 0.0129. The highest BCUT2D eigenvalue weighted by atomic mass is 19.1. The first kappa shape index (κ1) is 12.0. The van der Waals surface area contributed by atoms with Gasteiger partial charge in [0.25, 0.3) is 0 Å². The fraction of sp³-hybridized carbons (Fsp3) is 0.556. The summed E-state index contributed by atoms with van der Waals surface area (Å²) in [5, 5.41) is 18.3. The maximum atomic E-state index is 13.7. The van der Waals surface area contributed by atoms with Crippen molar-refractivity contribution in [2.75, 3.05) is 12.3 Å². The molecule has 7 nitrogen and oxygen atoms in total. The molecule has 1 aliphatic heterocycles. The summed E-state index contributed by atoms with van der Waals surface area (Å²) < 4.78 is 19.6. The molecule has 0 aliphatic carbocycles. The van der Waals surface area contributed by atoms with Crippen LogP contribution in [-0.2, 0) is 4.74 Å². The van der Waals surface area contributed by atoms with Crippen LogP contribution >= 0.6 is 0 Å². The number of alkyl halides is 1. The molecule has 1 fully saturated rings. The molecule has 0 unspecified atom stereocenters. The molecule has 8 heteroatoms. The van der Waals surface area contributed by atoms with Crippen molar-refractivity contribution in [3.05, 3.63) is 22.7 Å². The molecule has 0 aromatic carbocycles. The molecule has 2 heterocycles.